The number of likely N-dealkylation sites (N-methyl/N-ethyl adjacent to an activating group) is 1. The maximum atomic E-state index is 6.05. The lowest BCUT2D eigenvalue weighted by atomic mass is 10.1. The van der Waals surface area contributed by atoms with Crippen LogP contribution in [0.3, 0.4) is 0 Å². The molecule has 2 fully saturated rings. The Hall–Kier alpha value is -0.840. The number of nitrogens with zero attached hydrogens (tertiary/aromatic N) is 1. The molecule has 1 saturated carbocycles. The molecule has 3 rings (SSSR count). The molecule has 106 valence electrons. The standard InChI is InChI=1S/C15H24N2O2/c1-10-7-12(10)14-3-4-15(19-14)13(8-16)17(2)11-5-6-18-9-11/h3-4,10-13H,5-9,16H2,1-2H3. The molecule has 4 heteroatoms. The maximum Gasteiger partial charge on any atom is 0.122 e. The number of ether oxygens (including phenoxy) is 1. The van der Waals surface area contributed by atoms with E-state index in [0.29, 0.717) is 18.5 Å². The Morgan fingerprint density at radius 2 is 2.26 bits per heavy atom. The largest absolute Gasteiger partial charge is 0.464 e. The first-order valence-corrected chi connectivity index (χ1v) is 7.30. The summed E-state index contributed by atoms with van der Waals surface area (Å²) in [4.78, 5) is 2.31. The molecule has 4 atom stereocenters. The summed E-state index contributed by atoms with van der Waals surface area (Å²) in [6.07, 6.45) is 2.34. The predicted molar refractivity (Wildman–Crippen MR) is 74.0 cm³/mol. The minimum Gasteiger partial charge on any atom is -0.464 e. The summed E-state index contributed by atoms with van der Waals surface area (Å²) in [6, 6.07) is 4.85. The molecular formula is C15H24N2O2. The molecule has 0 bridgehead atoms. The Bertz CT molecular complexity index is 426. The van der Waals surface area contributed by atoms with Crippen molar-refractivity contribution in [2.24, 2.45) is 11.7 Å². The minimum absolute atomic E-state index is 0.162. The zero-order valence-corrected chi connectivity index (χ0v) is 11.8. The molecule has 1 aliphatic heterocycles. The number of hydrogen-bond acceptors (Lipinski definition) is 4. The second kappa shape index (κ2) is 5.27. The fourth-order valence-electron chi connectivity index (χ4n) is 3.05. The van der Waals surface area contributed by atoms with E-state index in [1.807, 2.05) is 0 Å². The van der Waals surface area contributed by atoms with Crippen LogP contribution in [0.1, 0.15) is 43.2 Å². The van der Waals surface area contributed by atoms with E-state index in [2.05, 4.69) is 31.0 Å². The van der Waals surface area contributed by atoms with Gasteiger partial charge in [0.15, 0.2) is 0 Å². The maximum absolute atomic E-state index is 6.05. The monoisotopic (exact) mass is 264 g/mol. The summed E-state index contributed by atoms with van der Waals surface area (Å²) in [5, 5.41) is 0. The molecule has 2 N–H and O–H groups in total. The van der Waals surface area contributed by atoms with Crippen LogP contribution in [-0.2, 0) is 4.74 Å². The van der Waals surface area contributed by atoms with Gasteiger partial charge in [-0.15, -0.1) is 0 Å². The van der Waals surface area contributed by atoms with Crippen molar-refractivity contribution in [3.05, 3.63) is 23.7 Å². The quantitative estimate of drug-likeness (QED) is 0.885. The van der Waals surface area contributed by atoms with Crippen LogP contribution in [0.5, 0.6) is 0 Å². The highest BCUT2D eigenvalue weighted by molar-refractivity contribution is 5.19. The van der Waals surface area contributed by atoms with Crippen LogP contribution < -0.4 is 5.73 Å². The second-order valence-electron chi connectivity index (χ2n) is 5.99. The van der Waals surface area contributed by atoms with E-state index in [9.17, 15) is 0 Å². The van der Waals surface area contributed by atoms with Gasteiger partial charge in [0.25, 0.3) is 0 Å². The van der Waals surface area contributed by atoms with E-state index in [-0.39, 0.29) is 6.04 Å². The van der Waals surface area contributed by atoms with Crippen molar-refractivity contribution in [1.29, 1.82) is 0 Å². The van der Waals surface area contributed by atoms with Crippen LogP contribution in [0.2, 0.25) is 0 Å². The van der Waals surface area contributed by atoms with E-state index in [1.54, 1.807) is 0 Å². The Labute approximate surface area is 114 Å². The fraction of sp³-hybridized carbons (Fsp3) is 0.733. The van der Waals surface area contributed by atoms with Gasteiger partial charge in [-0.05, 0) is 37.9 Å². The summed E-state index contributed by atoms with van der Waals surface area (Å²) >= 11 is 0. The molecule has 0 radical (unpaired) electrons. The van der Waals surface area contributed by atoms with E-state index >= 15 is 0 Å². The van der Waals surface area contributed by atoms with Gasteiger partial charge in [0, 0.05) is 25.1 Å². The summed E-state index contributed by atoms with van der Waals surface area (Å²) in [5.41, 5.74) is 5.96. The van der Waals surface area contributed by atoms with Gasteiger partial charge in [-0.3, -0.25) is 4.90 Å². The third-order valence-electron chi connectivity index (χ3n) is 4.65. The molecule has 2 heterocycles. The van der Waals surface area contributed by atoms with Crippen molar-refractivity contribution in [3.63, 3.8) is 0 Å². The molecule has 1 saturated heterocycles. The van der Waals surface area contributed by atoms with Gasteiger partial charge in [-0.1, -0.05) is 6.92 Å². The Morgan fingerprint density at radius 1 is 1.47 bits per heavy atom. The first-order valence-electron chi connectivity index (χ1n) is 7.30. The summed E-state index contributed by atoms with van der Waals surface area (Å²) in [7, 11) is 2.12. The molecule has 1 aliphatic carbocycles. The van der Waals surface area contributed by atoms with Crippen molar-refractivity contribution in [2.45, 2.75) is 37.8 Å². The van der Waals surface area contributed by atoms with Crippen molar-refractivity contribution in [3.8, 4) is 0 Å². The first kappa shape index (κ1) is 13.2. The van der Waals surface area contributed by atoms with Crippen LogP contribution in [0.15, 0.2) is 16.5 Å². The zero-order valence-electron chi connectivity index (χ0n) is 11.8. The van der Waals surface area contributed by atoms with Gasteiger partial charge in [0.05, 0.1) is 12.6 Å². The van der Waals surface area contributed by atoms with Crippen LogP contribution in [0, 0.1) is 5.92 Å². The summed E-state index contributed by atoms with van der Waals surface area (Å²) in [6.45, 7) is 4.52. The number of furan rings is 1. The van der Waals surface area contributed by atoms with Crippen LogP contribution >= 0.6 is 0 Å². The average molecular weight is 264 g/mol. The molecule has 4 unspecified atom stereocenters. The van der Waals surface area contributed by atoms with E-state index in [1.165, 1.54) is 6.42 Å². The molecule has 4 nitrogen and oxygen atoms in total. The second-order valence-corrected chi connectivity index (χ2v) is 5.99. The molecule has 0 aromatic carbocycles. The fourth-order valence-corrected chi connectivity index (χ4v) is 3.05. The number of nitrogens with two attached hydrogens (primary N) is 1. The van der Waals surface area contributed by atoms with Crippen molar-refractivity contribution >= 4 is 0 Å². The van der Waals surface area contributed by atoms with Gasteiger partial charge in [-0.2, -0.15) is 0 Å². The zero-order chi connectivity index (χ0) is 13.4. The average Bonchev–Trinajstić information content (AvgIpc) is 2.90. The SMILES string of the molecule is CC1CC1c1ccc(C(CN)N(C)C2CCOC2)o1. The van der Waals surface area contributed by atoms with E-state index in [0.717, 1.165) is 37.1 Å². The summed E-state index contributed by atoms with van der Waals surface area (Å²) < 4.78 is 11.5. The summed E-state index contributed by atoms with van der Waals surface area (Å²) in [5.74, 6) is 3.55. The Kier molecular flexibility index (Phi) is 3.65. The number of hydrogen-bond donors (Lipinski definition) is 1. The lowest BCUT2D eigenvalue weighted by Crippen LogP contribution is -2.38. The lowest BCUT2D eigenvalue weighted by molar-refractivity contribution is 0.124. The van der Waals surface area contributed by atoms with Crippen LogP contribution in [0.4, 0.5) is 0 Å². The third-order valence-corrected chi connectivity index (χ3v) is 4.65. The van der Waals surface area contributed by atoms with E-state index in [4.69, 9.17) is 14.9 Å². The lowest BCUT2D eigenvalue weighted by Gasteiger charge is -2.30. The molecule has 0 amide bonds. The topological polar surface area (TPSA) is 51.6 Å². The van der Waals surface area contributed by atoms with Gasteiger partial charge in [-0.25, -0.2) is 0 Å². The highest BCUT2D eigenvalue weighted by Crippen LogP contribution is 2.47. The Balaban J connectivity index is 1.72. The highest BCUT2D eigenvalue weighted by atomic mass is 16.5. The van der Waals surface area contributed by atoms with Gasteiger partial charge in [0.1, 0.15) is 11.5 Å². The Morgan fingerprint density at radius 3 is 2.84 bits per heavy atom. The van der Waals surface area contributed by atoms with Crippen LogP contribution in [0.25, 0.3) is 0 Å². The molecule has 2 aliphatic rings. The molecule has 19 heavy (non-hydrogen) atoms. The van der Waals surface area contributed by atoms with Crippen molar-refractivity contribution in [2.75, 3.05) is 26.8 Å². The van der Waals surface area contributed by atoms with Crippen molar-refractivity contribution in [1.82, 2.24) is 4.90 Å². The van der Waals surface area contributed by atoms with Gasteiger partial charge >= 0.3 is 0 Å². The highest BCUT2D eigenvalue weighted by Gasteiger charge is 2.37. The predicted octanol–water partition coefficient (Wildman–Crippen LogP) is 2.12. The minimum atomic E-state index is 0.162. The number of rotatable bonds is 5. The van der Waals surface area contributed by atoms with E-state index < -0.39 is 0 Å². The third kappa shape index (κ3) is 2.57. The van der Waals surface area contributed by atoms with Crippen molar-refractivity contribution < 1.29 is 9.15 Å². The van der Waals surface area contributed by atoms with Gasteiger partial charge < -0.3 is 14.9 Å². The first-order chi connectivity index (χ1) is 9.20. The smallest absolute Gasteiger partial charge is 0.122 e. The molecule has 1 aromatic heterocycles. The van der Waals surface area contributed by atoms with Gasteiger partial charge in [0.2, 0.25) is 0 Å². The molecule has 0 spiro atoms. The molecule has 1 aromatic rings. The molecular weight excluding hydrogens is 240 g/mol. The normalized spacial score (nSPS) is 31.9. The van der Waals surface area contributed by atoms with Crippen LogP contribution in [-0.4, -0.2) is 37.7 Å².